The van der Waals surface area contributed by atoms with Gasteiger partial charge in [0, 0.05) is 4.88 Å². The monoisotopic (exact) mass is 592 g/mol. The number of benzene rings is 2. The number of thiophene rings is 1. The molecular formula is C25H19F7N2O5S. The number of rotatable bonds is 7. The van der Waals surface area contributed by atoms with E-state index < -0.39 is 54.1 Å². The van der Waals surface area contributed by atoms with Gasteiger partial charge in [-0.3, -0.25) is 14.3 Å². The van der Waals surface area contributed by atoms with Crippen LogP contribution in [0.4, 0.5) is 30.7 Å². The zero-order valence-electron chi connectivity index (χ0n) is 20.5. The summed E-state index contributed by atoms with van der Waals surface area (Å²) in [6.07, 6.45) is -13.9. The molecule has 0 fully saturated rings. The lowest BCUT2D eigenvalue weighted by Crippen LogP contribution is -2.38. The first-order chi connectivity index (χ1) is 18.5. The van der Waals surface area contributed by atoms with Crippen molar-refractivity contribution < 1.29 is 45.3 Å². The lowest BCUT2D eigenvalue weighted by molar-refractivity contribution is -0.275. The van der Waals surface area contributed by atoms with Gasteiger partial charge in [-0.05, 0) is 60.9 Å². The normalized spacial score (nSPS) is 13.8. The molecule has 0 aliphatic carbocycles. The van der Waals surface area contributed by atoms with Crippen LogP contribution in [-0.2, 0) is 6.54 Å². The zero-order chi connectivity index (χ0) is 29.6. The summed E-state index contributed by atoms with van der Waals surface area (Å²) in [7, 11) is 0. The fourth-order valence-corrected chi connectivity index (χ4v) is 5.24. The van der Waals surface area contributed by atoms with Crippen LogP contribution in [0.15, 0.2) is 52.1 Å². The Hall–Kier alpha value is -3.85. The van der Waals surface area contributed by atoms with Crippen molar-refractivity contribution in [3.8, 4) is 21.9 Å². The molecule has 0 saturated heterocycles. The maximum Gasteiger partial charge on any atom is 0.573 e. The third kappa shape index (κ3) is 6.14. The number of hydrogen-bond donors (Lipinski definition) is 2. The predicted octanol–water partition coefficient (Wildman–Crippen LogP) is 5.83. The molecule has 0 spiro atoms. The number of alkyl halides is 6. The van der Waals surface area contributed by atoms with Crippen LogP contribution in [0.25, 0.3) is 20.7 Å². The summed E-state index contributed by atoms with van der Waals surface area (Å²) in [5.41, 5.74) is -1.41. The Kier molecular flexibility index (Phi) is 7.73. The van der Waals surface area contributed by atoms with Gasteiger partial charge in [-0.2, -0.15) is 13.2 Å². The summed E-state index contributed by atoms with van der Waals surface area (Å²) < 4.78 is 102. The fourth-order valence-electron chi connectivity index (χ4n) is 3.94. The average Bonchev–Trinajstić information content (AvgIpc) is 3.19. The Balaban J connectivity index is 1.81. The van der Waals surface area contributed by atoms with E-state index >= 15 is 0 Å². The van der Waals surface area contributed by atoms with Gasteiger partial charge in [0.15, 0.2) is 17.6 Å². The number of nitrogens with zero attached hydrogens (tertiary/aromatic N) is 1. The number of aromatic nitrogens is 2. The highest BCUT2D eigenvalue weighted by Gasteiger charge is 2.39. The topological polar surface area (TPSA) is 93.5 Å². The van der Waals surface area contributed by atoms with Crippen molar-refractivity contribution in [3.63, 3.8) is 0 Å². The van der Waals surface area contributed by atoms with E-state index in [0.29, 0.717) is 21.5 Å². The minimum absolute atomic E-state index is 0.0782. The van der Waals surface area contributed by atoms with Gasteiger partial charge in [-0.15, -0.1) is 24.5 Å². The van der Waals surface area contributed by atoms with Gasteiger partial charge in [0.05, 0.1) is 11.9 Å². The van der Waals surface area contributed by atoms with Crippen molar-refractivity contribution in [3.05, 3.63) is 80.2 Å². The largest absolute Gasteiger partial charge is 0.573 e. The highest BCUT2D eigenvalue weighted by molar-refractivity contribution is 7.22. The molecule has 0 aliphatic rings. The second-order valence-corrected chi connectivity index (χ2v) is 9.68. The van der Waals surface area contributed by atoms with E-state index in [1.807, 2.05) is 4.98 Å². The summed E-state index contributed by atoms with van der Waals surface area (Å²) in [4.78, 5) is 26.7. The lowest BCUT2D eigenvalue weighted by Gasteiger charge is -2.19. The van der Waals surface area contributed by atoms with E-state index in [0.717, 1.165) is 18.2 Å². The summed E-state index contributed by atoms with van der Waals surface area (Å²) in [5.74, 6) is -1.59. The van der Waals surface area contributed by atoms with Crippen LogP contribution >= 0.6 is 11.3 Å². The Labute approximate surface area is 224 Å². The molecule has 0 bridgehead atoms. The molecule has 4 rings (SSSR count). The maximum absolute atomic E-state index is 13.3. The summed E-state index contributed by atoms with van der Waals surface area (Å²) in [6, 6.07) is 8.59. The van der Waals surface area contributed by atoms with E-state index in [2.05, 4.69) is 4.74 Å². The van der Waals surface area contributed by atoms with E-state index in [4.69, 9.17) is 4.74 Å². The van der Waals surface area contributed by atoms with Crippen molar-refractivity contribution in [2.45, 2.75) is 45.1 Å². The second-order valence-electron chi connectivity index (χ2n) is 8.68. The van der Waals surface area contributed by atoms with Gasteiger partial charge >= 0.3 is 18.2 Å². The summed E-state index contributed by atoms with van der Waals surface area (Å²) >= 11 is 0.681. The van der Waals surface area contributed by atoms with Crippen LogP contribution in [-0.4, -0.2) is 33.3 Å². The molecule has 0 aliphatic heterocycles. The number of aliphatic hydroxyl groups is 1. The molecule has 2 N–H and O–H groups in total. The number of aliphatic hydroxyl groups excluding tert-OH is 1. The van der Waals surface area contributed by atoms with E-state index in [1.54, 1.807) is 0 Å². The Morgan fingerprint density at radius 2 is 1.68 bits per heavy atom. The van der Waals surface area contributed by atoms with Crippen molar-refractivity contribution >= 4 is 21.6 Å². The number of nitrogens with one attached hydrogen (secondary N) is 1. The molecule has 0 saturated carbocycles. The van der Waals surface area contributed by atoms with Crippen molar-refractivity contribution in [1.29, 1.82) is 0 Å². The van der Waals surface area contributed by atoms with Crippen molar-refractivity contribution in [1.82, 2.24) is 9.55 Å². The first-order valence-corrected chi connectivity index (χ1v) is 12.2. The lowest BCUT2D eigenvalue weighted by atomic mass is 10.1. The standard InChI is InChI=1S/C25H19F7N2O5S/c1-11-19-21(36)33-23(37)34(10-18(35)24(27,28)29)22(19)40-20(11)14-5-8-16(17(9-14)39-25(30,31)32)38-12(2)13-3-6-15(26)7-4-13/h3-9,12,18,35H,10H2,1-2H3,(H,33,36,37)/t12?,18-/m1/s1. The molecule has 7 nitrogen and oxygen atoms in total. The maximum atomic E-state index is 13.3. The Morgan fingerprint density at radius 3 is 2.27 bits per heavy atom. The zero-order valence-corrected chi connectivity index (χ0v) is 21.3. The number of aryl methyl sites for hydroxylation is 1. The SMILES string of the molecule is Cc1c(-c2ccc(OC(C)c3ccc(F)cc3)c(OC(F)(F)F)c2)sc2c1c(=O)[nH]c(=O)n2C[C@@H](O)C(F)(F)F. The number of fused-ring (bicyclic) bond motifs is 1. The van der Waals surface area contributed by atoms with Crippen LogP contribution < -0.4 is 20.7 Å². The molecule has 2 aromatic heterocycles. The number of hydrogen-bond acceptors (Lipinski definition) is 6. The fraction of sp³-hybridized carbons (Fsp3) is 0.280. The molecule has 1 unspecified atom stereocenters. The number of ether oxygens (including phenoxy) is 2. The molecule has 15 heteroatoms. The minimum Gasteiger partial charge on any atom is -0.482 e. The molecule has 2 heterocycles. The number of halogens is 7. The number of aromatic amines is 1. The average molecular weight is 592 g/mol. The van der Waals surface area contributed by atoms with Crippen LogP contribution in [0, 0.1) is 12.7 Å². The number of H-pyrrole nitrogens is 1. The smallest absolute Gasteiger partial charge is 0.482 e. The molecule has 2 aromatic carbocycles. The van der Waals surface area contributed by atoms with E-state index in [9.17, 15) is 45.4 Å². The van der Waals surface area contributed by atoms with E-state index in [-0.39, 0.29) is 32.0 Å². The molecule has 0 amide bonds. The van der Waals surface area contributed by atoms with Gasteiger partial charge < -0.3 is 14.6 Å². The van der Waals surface area contributed by atoms with Crippen molar-refractivity contribution in [2.24, 2.45) is 0 Å². The van der Waals surface area contributed by atoms with Crippen LogP contribution in [0.3, 0.4) is 0 Å². The first kappa shape index (κ1) is 29.1. The summed E-state index contributed by atoms with van der Waals surface area (Å²) in [5, 5.41) is 9.33. The minimum atomic E-state index is -5.13. The molecule has 40 heavy (non-hydrogen) atoms. The van der Waals surface area contributed by atoms with Crippen LogP contribution in [0.2, 0.25) is 0 Å². The summed E-state index contributed by atoms with van der Waals surface area (Å²) in [6.45, 7) is 1.71. The molecule has 2 atom stereocenters. The molecular weight excluding hydrogens is 573 g/mol. The van der Waals surface area contributed by atoms with Crippen molar-refractivity contribution in [2.75, 3.05) is 0 Å². The molecule has 4 aromatic rings. The highest BCUT2D eigenvalue weighted by atomic mass is 32.1. The Morgan fingerprint density at radius 1 is 1.02 bits per heavy atom. The first-order valence-electron chi connectivity index (χ1n) is 11.4. The van der Waals surface area contributed by atoms with Gasteiger partial charge in [0.25, 0.3) is 5.56 Å². The molecule has 214 valence electrons. The van der Waals surface area contributed by atoms with Crippen LogP contribution in [0.1, 0.15) is 24.2 Å². The second kappa shape index (κ2) is 10.6. The van der Waals surface area contributed by atoms with Crippen LogP contribution in [0.5, 0.6) is 11.5 Å². The van der Waals surface area contributed by atoms with Gasteiger partial charge in [0.1, 0.15) is 16.8 Å². The highest BCUT2D eigenvalue weighted by Crippen LogP contribution is 2.42. The third-order valence-corrected chi connectivity index (χ3v) is 7.24. The predicted molar refractivity (Wildman–Crippen MR) is 131 cm³/mol. The quantitative estimate of drug-likeness (QED) is 0.264. The third-order valence-electron chi connectivity index (χ3n) is 5.87. The van der Waals surface area contributed by atoms with E-state index in [1.165, 1.54) is 38.1 Å². The molecule has 0 radical (unpaired) electrons. The van der Waals surface area contributed by atoms with Gasteiger partial charge in [-0.1, -0.05) is 12.1 Å². The van der Waals surface area contributed by atoms with Gasteiger partial charge in [0.2, 0.25) is 0 Å². The Bertz CT molecular complexity index is 1660. The van der Waals surface area contributed by atoms with Gasteiger partial charge in [-0.25, -0.2) is 9.18 Å².